The molecule has 0 heterocycles. The number of ether oxygens (including phenoxy) is 3. The van der Waals surface area contributed by atoms with Gasteiger partial charge in [0.25, 0.3) is 5.91 Å². The van der Waals surface area contributed by atoms with E-state index in [-0.39, 0.29) is 13.2 Å². The standard InChI is InChI=1S/C29H22BrCl3N2O4/c1-37-27-13-18(12-23(30)28(27)39-17-20-10-11-21(31)14-25(20)33)15-34-35-29(36)22-7-3-5-9-26(22)38-16-19-6-2-4-8-24(19)32/h2-15H,16-17H2,1H3,(H,35,36)/b34-15+. The number of methoxy groups -OCH3 is 1. The van der Waals surface area contributed by atoms with E-state index in [0.29, 0.717) is 47.9 Å². The zero-order valence-electron chi connectivity index (χ0n) is 20.6. The molecular formula is C29H22BrCl3N2O4. The average molecular weight is 649 g/mol. The zero-order chi connectivity index (χ0) is 27.8. The third-order valence-corrected chi connectivity index (χ3v) is 7.04. The number of amides is 1. The molecule has 0 aliphatic carbocycles. The van der Waals surface area contributed by atoms with E-state index in [1.165, 1.54) is 13.3 Å². The van der Waals surface area contributed by atoms with Crippen LogP contribution in [0.1, 0.15) is 27.0 Å². The third-order valence-electron chi connectivity index (χ3n) is 5.49. The monoisotopic (exact) mass is 646 g/mol. The molecule has 0 atom stereocenters. The van der Waals surface area contributed by atoms with Crippen LogP contribution in [0, 0.1) is 0 Å². The number of para-hydroxylation sites is 1. The highest BCUT2D eigenvalue weighted by atomic mass is 79.9. The van der Waals surface area contributed by atoms with Crippen molar-refractivity contribution >= 4 is 62.9 Å². The van der Waals surface area contributed by atoms with Crippen LogP contribution in [0.3, 0.4) is 0 Å². The maximum atomic E-state index is 12.8. The first-order chi connectivity index (χ1) is 18.9. The number of halogens is 4. The Morgan fingerprint density at radius 3 is 2.36 bits per heavy atom. The highest BCUT2D eigenvalue weighted by Crippen LogP contribution is 2.37. The number of hydrazone groups is 1. The van der Waals surface area contributed by atoms with E-state index in [1.807, 2.05) is 18.2 Å². The summed E-state index contributed by atoms with van der Waals surface area (Å²) < 4.78 is 18.0. The van der Waals surface area contributed by atoms with Gasteiger partial charge in [0.1, 0.15) is 19.0 Å². The fraction of sp³-hybridized carbons (Fsp3) is 0.103. The van der Waals surface area contributed by atoms with Gasteiger partial charge in [-0.3, -0.25) is 4.79 Å². The van der Waals surface area contributed by atoms with E-state index in [4.69, 9.17) is 49.0 Å². The summed E-state index contributed by atoms with van der Waals surface area (Å²) in [5, 5.41) is 5.75. The molecule has 0 spiro atoms. The lowest BCUT2D eigenvalue weighted by molar-refractivity contribution is 0.0950. The molecule has 4 aromatic rings. The molecule has 0 unspecified atom stereocenters. The third kappa shape index (κ3) is 7.67. The number of carbonyl (C=O) groups is 1. The van der Waals surface area contributed by atoms with Gasteiger partial charge < -0.3 is 14.2 Å². The van der Waals surface area contributed by atoms with Crippen LogP contribution in [0.2, 0.25) is 15.1 Å². The minimum Gasteiger partial charge on any atom is -0.493 e. The molecule has 39 heavy (non-hydrogen) atoms. The van der Waals surface area contributed by atoms with Crippen LogP contribution in [0.15, 0.2) is 88.4 Å². The molecule has 0 bridgehead atoms. The molecule has 200 valence electrons. The zero-order valence-corrected chi connectivity index (χ0v) is 24.4. The van der Waals surface area contributed by atoms with Crippen molar-refractivity contribution < 1.29 is 19.0 Å². The van der Waals surface area contributed by atoms with Gasteiger partial charge in [-0.1, -0.05) is 71.2 Å². The number of nitrogens with zero attached hydrogens (tertiary/aromatic N) is 1. The molecule has 1 N–H and O–H groups in total. The molecule has 0 saturated heterocycles. The van der Waals surface area contributed by atoms with Crippen molar-refractivity contribution in [2.24, 2.45) is 5.10 Å². The minimum absolute atomic E-state index is 0.215. The van der Waals surface area contributed by atoms with Crippen LogP contribution < -0.4 is 19.6 Å². The van der Waals surface area contributed by atoms with E-state index in [0.717, 1.165) is 11.1 Å². The Balaban J connectivity index is 1.42. The van der Waals surface area contributed by atoms with Crippen LogP contribution in [-0.2, 0) is 13.2 Å². The Bertz CT molecular complexity index is 1510. The smallest absolute Gasteiger partial charge is 0.275 e. The second-order valence-corrected chi connectivity index (χ2v) is 10.2. The van der Waals surface area contributed by atoms with E-state index in [9.17, 15) is 4.79 Å². The van der Waals surface area contributed by atoms with Crippen LogP contribution in [0.4, 0.5) is 0 Å². The molecular weight excluding hydrogens is 627 g/mol. The van der Waals surface area contributed by atoms with Gasteiger partial charge in [0.2, 0.25) is 0 Å². The van der Waals surface area contributed by atoms with E-state index in [1.54, 1.807) is 60.7 Å². The Hall–Kier alpha value is -3.23. The second-order valence-electron chi connectivity index (χ2n) is 8.13. The van der Waals surface area contributed by atoms with Gasteiger partial charge in [-0.15, -0.1) is 0 Å². The van der Waals surface area contributed by atoms with Crippen molar-refractivity contribution in [2.45, 2.75) is 13.2 Å². The van der Waals surface area contributed by atoms with Crippen LogP contribution in [0.25, 0.3) is 0 Å². The molecule has 4 rings (SSSR count). The maximum Gasteiger partial charge on any atom is 0.275 e. The summed E-state index contributed by atoms with van der Waals surface area (Å²) in [5.41, 5.74) is 5.13. The number of hydrogen-bond acceptors (Lipinski definition) is 5. The lowest BCUT2D eigenvalue weighted by atomic mass is 10.2. The van der Waals surface area contributed by atoms with Crippen molar-refractivity contribution in [3.8, 4) is 17.2 Å². The first-order valence-corrected chi connectivity index (χ1v) is 13.5. The summed E-state index contributed by atoms with van der Waals surface area (Å²) >= 11 is 21.9. The molecule has 4 aromatic carbocycles. The van der Waals surface area contributed by atoms with Gasteiger partial charge in [0.05, 0.1) is 23.4 Å². The van der Waals surface area contributed by atoms with Gasteiger partial charge in [0, 0.05) is 26.2 Å². The first kappa shape index (κ1) is 28.8. The van der Waals surface area contributed by atoms with Gasteiger partial charge in [-0.05, 0) is 64.0 Å². The summed E-state index contributed by atoms with van der Waals surface area (Å²) in [6, 6.07) is 23.0. The number of hydrogen-bond donors (Lipinski definition) is 1. The number of benzene rings is 4. The molecule has 0 fully saturated rings. The normalized spacial score (nSPS) is 10.9. The Morgan fingerprint density at radius 2 is 1.59 bits per heavy atom. The van der Waals surface area contributed by atoms with Crippen molar-refractivity contribution in [3.63, 3.8) is 0 Å². The van der Waals surface area contributed by atoms with E-state index in [2.05, 4.69) is 26.5 Å². The molecule has 10 heteroatoms. The van der Waals surface area contributed by atoms with Gasteiger partial charge in [-0.2, -0.15) is 5.10 Å². The van der Waals surface area contributed by atoms with Gasteiger partial charge in [0.15, 0.2) is 11.5 Å². The number of nitrogens with one attached hydrogen (secondary N) is 1. The van der Waals surface area contributed by atoms with Crippen molar-refractivity contribution in [2.75, 3.05) is 7.11 Å². The Labute approximate surface area is 249 Å². The number of rotatable bonds is 10. The molecule has 0 aromatic heterocycles. The van der Waals surface area contributed by atoms with Crippen molar-refractivity contribution in [1.29, 1.82) is 0 Å². The maximum absolute atomic E-state index is 12.8. The van der Waals surface area contributed by atoms with Crippen molar-refractivity contribution in [3.05, 3.63) is 121 Å². The second kappa shape index (κ2) is 13.7. The summed E-state index contributed by atoms with van der Waals surface area (Å²) in [4.78, 5) is 12.8. The van der Waals surface area contributed by atoms with Crippen LogP contribution >= 0.6 is 50.7 Å². The quantitative estimate of drug-likeness (QED) is 0.139. The van der Waals surface area contributed by atoms with Crippen LogP contribution in [-0.4, -0.2) is 19.2 Å². The summed E-state index contributed by atoms with van der Waals surface area (Å²) in [5.74, 6) is 0.957. The molecule has 1 amide bonds. The van der Waals surface area contributed by atoms with Gasteiger partial charge in [-0.25, -0.2) is 5.43 Å². The minimum atomic E-state index is -0.424. The summed E-state index contributed by atoms with van der Waals surface area (Å²) in [7, 11) is 1.53. The predicted octanol–water partition coefficient (Wildman–Crippen LogP) is 8.34. The predicted molar refractivity (Wildman–Crippen MR) is 159 cm³/mol. The van der Waals surface area contributed by atoms with E-state index < -0.39 is 5.91 Å². The topological polar surface area (TPSA) is 69.2 Å². The fourth-order valence-electron chi connectivity index (χ4n) is 3.52. The fourth-order valence-corrected chi connectivity index (χ4v) is 4.75. The molecule has 0 aliphatic heterocycles. The molecule has 0 radical (unpaired) electrons. The van der Waals surface area contributed by atoms with Gasteiger partial charge >= 0.3 is 0 Å². The highest BCUT2D eigenvalue weighted by molar-refractivity contribution is 9.10. The number of carbonyl (C=O) groups excluding carboxylic acids is 1. The summed E-state index contributed by atoms with van der Waals surface area (Å²) in [6.07, 6.45) is 1.50. The summed E-state index contributed by atoms with van der Waals surface area (Å²) in [6.45, 7) is 0.437. The Morgan fingerprint density at radius 1 is 0.872 bits per heavy atom. The van der Waals surface area contributed by atoms with Crippen LogP contribution in [0.5, 0.6) is 17.2 Å². The lowest BCUT2D eigenvalue weighted by Crippen LogP contribution is -2.18. The molecule has 0 aliphatic rings. The lowest BCUT2D eigenvalue weighted by Gasteiger charge is -2.14. The van der Waals surface area contributed by atoms with E-state index >= 15 is 0 Å². The Kier molecular flexibility index (Phi) is 10.1. The highest BCUT2D eigenvalue weighted by Gasteiger charge is 2.14. The van der Waals surface area contributed by atoms with Crippen molar-refractivity contribution in [1.82, 2.24) is 5.43 Å². The average Bonchev–Trinajstić information content (AvgIpc) is 2.92. The molecule has 6 nitrogen and oxygen atoms in total. The molecule has 0 saturated carbocycles. The SMILES string of the molecule is COc1cc(/C=N/NC(=O)c2ccccc2OCc2ccccc2Cl)cc(Br)c1OCc1ccc(Cl)cc1Cl. The first-order valence-electron chi connectivity index (χ1n) is 11.6. The largest absolute Gasteiger partial charge is 0.493 e.